The Morgan fingerprint density at radius 2 is 2.00 bits per heavy atom. The van der Waals surface area contributed by atoms with E-state index in [0.717, 1.165) is 44.6 Å². The summed E-state index contributed by atoms with van der Waals surface area (Å²) in [7, 11) is 1.81. The van der Waals surface area contributed by atoms with Crippen molar-refractivity contribution in [3.63, 3.8) is 0 Å². The van der Waals surface area contributed by atoms with Gasteiger partial charge in [0.25, 0.3) is 0 Å². The van der Waals surface area contributed by atoms with Crippen LogP contribution in [0.25, 0.3) is 0 Å². The van der Waals surface area contributed by atoms with Crippen molar-refractivity contribution in [3.05, 3.63) is 29.8 Å². The van der Waals surface area contributed by atoms with Crippen LogP contribution in [0.1, 0.15) is 26.3 Å². The van der Waals surface area contributed by atoms with Crippen molar-refractivity contribution in [3.8, 4) is 5.75 Å². The lowest BCUT2D eigenvalue weighted by atomic mass is 10.0. The number of rotatable bonds is 8. The van der Waals surface area contributed by atoms with Gasteiger partial charge < -0.3 is 20.1 Å². The molecule has 2 rings (SSSR count). The maximum atomic E-state index is 5.56. The van der Waals surface area contributed by atoms with Crippen LogP contribution >= 0.6 is 24.0 Å². The molecule has 0 amide bonds. The molecule has 1 fully saturated rings. The molecule has 154 valence electrons. The summed E-state index contributed by atoms with van der Waals surface area (Å²) in [6.45, 7) is 12.5. The first-order chi connectivity index (χ1) is 12.6. The van der Waals surface area contributed by atoms with Crippen molar-refractivity contribution in [2.24, 2.45) is 10.9 Å². The van der Waals surface area contributed by atoms with E-state index in [2.05, 4.69) is 46.5 Å². The molecule has 27 heavy (non-hydrogen) atoms. The first kappa shape index (κ1) is 24.0. The monoisotopic (exact) mass is 490 g/mol. The summed E-state index contributed by atoms with van der Waals surface area (Å²) in [5, 5.41) is 6.88. The zero-order valence-corrected chi connectivity index (χ0v) is 19.4. The second-order valence-electron chi connectivity index (χ2n) is 6.85. The van der Waals surface area contributed by atoms with Crippen LogP contribution < -0.4 is 15.4 Å². The van der Waals surface area contributed by atoms with Gasteiger partial charge in [0.15, 0.2) is 5.96 Å². The van der Waals surface area contributed by atoms with Crippen molar-refractivity contribution in [1.29, 1.82) is 0 Å². The molecule has 7 heteroatoms. The summed E-state index contributed by atoms with van der Waals surface area (Å²) in [5.41, 5.74) is 1.17. The third-order valence-corrected chi connectivity index (χ3v) is 4.66. The highest BCUT2D eigenvalue weighted by Crippen LogP contribution is 2.13. The van der Waals surface area contributed by atoms with Gasteiger partial charge in [-0.2, -0.15) is 0 Å². The van der Waals surface area contributed by atoms with E-state index in [0.29, 0.717) is 25.1 Å². The number of benzene rings is 1. The lowest BCUT2D eigenvalue weighted by Crippen LogP contribution is -2.52. The topological polar surface area (TPSA) is 58.1 Å². The number of hydrogen-bond donors (Lipinski definition) is 2. The van der Waals surface area contributed by atoms with Gasteiger partial charge >= 0.3 is 0 Å². The number of ether oxygens (including phenoxy) is 2. The number of halogens is 1. The van der Waals surface area contributed by atoms with Crippen LogP contribution in [0, 0.1) is 5.92 Å². The fraction of sp³-hybridized carbons (Fsp3) is 0.650. The molecular formula is C20H35IN4O2. The quantitative estimate of drug-likeness (QED) is 0.334. The van der Waals surface area contributed by atoms with Crippen LogP contribution in [0.15, 0.2) is 29.3 Å². The van der Waals surface area contributed by atoms with E-state index >= 15 is 0 Å². The van der Waals surface area contributed by atoms with E-state index < -0.39 is 0 Å². The first-order valence-electron chi connectivity index (χ1n) is 9.62. The number of nitrogens with zero attached hydrogens (tertiary/aromatic N) is 2. The van der Waals surface area contributed by atoms with Crippen molar-refractivity contribution in [1.82, 2.24) is 15.5 Å². The molecule has 1 aliphatic rings. The predicted molar refractivity (Wildman–Crippen MR) is 122 cm³/mol. The molecule has 0 radical (unpaired) electrons. The fourth-order valence-corrected chi connectivity index (χ4v) is 3.22. The summed E-state index contributed by atoms with van der Waals surface area (Å²) < 4.78 is 11.0. The Bertz CT molecular complexity index is 563. The van der Waals surface area contributed by atoms with Gasteiger partial charge in [-0.3, -0.25) is 9.89 Å². The molecule has 1 aromatic carbocycles. The van der Waals surface area contributed by atoms with E-state index in [9.17, 15) is 0 Å². The lowest BCUT2D eigenvalue weighted by Gasteiger charge is -2.37. The minimum Gasteiger partial charge on any atom is -0.494 e. The molecule has 2 N–H and O–H groups in total. The van der Waals surface area contributed by atoms with E-state index in [1.54, 1.807) is 0 Å². The SMILES string of the molecule is CCOc1cccc(CNC(=NC)NCC(C(C)C)N2CCOCC2)c1.I. The molecular weight excluding hydrogens is 455 g/mol. The van der Waals surface area contributed by atoms with E-state index in [-0.39, 0.29) is 24.0 Å². The van der Waals surface area contributed by atoms with Crippen molar-refractivity contribution in [2.75, 3.05) is 46.5 Å². The molecule has 1 saturated heterocycles. The van der Waals surface area contributed by atoms with Crippen LogP contribution in [0.3, 0.4) is 0 Å². The van der Waals surface area contributed by atoms with E-state index in [4.69, 9.17) is 9.47 Å². The normalized spacial score (nSPS) is 16.6. The molecule has 1 unspecified atom stereocenters. The van der Waals surface area contributed by atoms with Gasteiger partial charge in [0.2, 0.25) is 0 Å². The van der Waals surface area contributed by atoms with Crippen molar-refractivity contribution < 1.29 is 9.47 Å². The molecule has 1 atom stereocenters. The first-order valence-corrected chi connectivity index (χ1v) is 9.62. The summed E-state index contributed by atoms with van der Waals surface area (Å²) in [6, 6.07) is 8.63. The Morgan fingerprint density at radius 1 is 1.26 bits per heavy atom. The highest BCUT2D eigenvalue weighted by molar-refractivity contribution is 14.0. The van der Waals surface area contributed by atoms with Crippen LogP contribution in [0.5, 0.6) is 5.75 Å². The summed E-state index contributed by atoms with van der Waals surface area (Å²) in [6.07, 6.45) is 0. The Morgan fingerprint density at radius 3 is 2.63 bits per heavy atom. The molecule has 0 aliphatic carbocycles. The van der Waals surface area contributed by atoms with Gasteiger partial charge in [0, 0.05) is 39.3 Å². The number of aliphatic imine (C=N–C) groups is 1. The molecule has 1 aromatic rings. The summed E-state index contributed by atoms with van der Waals surface area (Å²) >= 11 is 0. The Hall–Kier alpha value is -1.06. The second-order valence-corrected chi connectivity index (χ2v) is 6.85. The van der Waals surface area contributed by atoms with Crippen LogP contribution in [0.4, 0.5) is 0 Å². The Balaban J connectivity index is 0.00000364. The molecule has 1 aliphatic heterocycles. The second kappa shape index (κ2) is 13.2. The van der Waals surface area contributed by atoms with Crippen molar-refractivity contribution in [2.45, 2.75) is 33.4 Å². The molecule has 0 aromatic heterocycles. The van der Waals surface area contributed by atoms with Crippen molar-refractivity contribution >= 4 is 29.9 Å². The van der Waals surface area contributed by atoms with Gasteiger partial charge in [-0.25, -0.2) is 0 Å². The third kappa shape index (κ3) is 8.23. The molecule has 1 heterocycles. The van der Waals surface area contributed by atoms with Crippen LogP contribution in [0.2, 0.25) is 0 Å². The standard InChI is InChI=1S/C20H34N4O2.HI/c1-5-26-18-8-6-7-17(13-18)14-22-20(21-4)23-15-19(16(2)3)24-9-11-25-12-10-24;/h6-8,13,16,19H,5,9-12,14-15H2,1-4H3,(H2,21,22,23);1H. The Kier molecular flexibility index (Phi) is 11.7. The zero-order chi connectivity index (χ0) is 18.8. The fourth-order valence-electron chi connectivity index (χ4n) is 3.22. The number of morpholine rings is 1. The minimum absolute atomic E-state index is 0. The van der Waals surface area contributed by atoms with Gasteiger partial charge in [0.1, 0.15) is 5.75 Å². The van der Waals surface area contributed by atoms with Gasteiger partial charge in [0.05, 0.1) is 19.8 Å². The largest absolute Gasteiger partial charge is 0.494 e. The van der Waals surface area contributed by atoms with Gasteiger partial charge in [-0.15, -0.1) is 24.0 Å². The number of guanidine groups is 1. The highest BCUT2D eigenvalue weighted by atomic mass is 127. The van der Waals surface area contributed by atoms with Crippen LogP contribution in [-0.2, 0) is 11.3 Å². The van der Waals surface area contributed by atoms with E-state index in [1.165, 1.54) is 5.56 Å². The van der Waals surface area contributed by atoms with Gasteiger partial charge in [-0.05, 0) is 30.5 Å². The summed E-state index contributed by atoms with van der Waals surface area (Å²) in [4.78, 5) is 6.87. The molecule has 0 spiro atoms. The predicted octanol–water partition coefficient (Wildman–Crippen LogP) is 2.73. The maximum absolute atomic E-state index is 5.56. The zero-order valence-electron chi connectivity index (χ0n) is 17.0. The molecule has 0 saturated carbocycles. The van der Waals surface area contributed by atoms with Crippen LogP contribution in [-0.4, -0.2) is 63.4 Å². The third-order valence-electron chi connectivity index (χ3n) is 4.66. The average molecular weight is 490 g/mol. The maximum Gasteiger partial charge on any atom is 0.191 e. The highest BCUT2D eigenvalue weighted by Gasteiger charge is 2.23. The van der Waals surface area contributed by atoms with E-state index in [1.807, 2.05) is 26.1 Å². The lowest BCUT2D eigenvalue weighted by molar-refractivity contribution is 0.00752. The molecule has 6 nitrogen and oxygen atoms in total. The molecule has 0 bridgehead atoms. The average Bonchev–Trinajstić information content (AvgIpc) is 2.65. The van der Waals surface area contributed by atoms with Gasteiger partial charge in [-0.1, -0.05) is 26.0 Å². The number of hydrogen-bond acceptors (Lipinski definition) is 4. The Labute approximate surface area is 181 Å². The number of nitrogens with one attached hydrogen (secondary N) is 2. The summed E-state index contributed by atoms with van der Waals surface area (Å²) in [5.74, 6) is 2.30. The minimum atomic E-state index is 0. The smallest absolute Gasteiger partial charge is 0.191 e.